The Morgan fingerprint density at radius 3 is 2.00 bits per heavy atom. The van der Waals surface area contributed by atoms with Crippen LogP contribution in [0.1, 0.15) is 27.8 Å². The zero-order chi connectivity index (χ0) is 25.1. The van der Waals surface area contributed by atoms with Gasteiger partial charge in [0, 0.05) is 5.69 Å². The third-order valence-electron chi connectivity index (χ3n) is 5.25. The molecule has 9 heteroatoms. The summed E-state index contributed by atoms with van der Waals surface area (Å²) in [5.74, 6) is -0.686. The first-order chi connectivity index (χ1) is 15.9. The zero-order valence-electron chi connectivity index (χ0n) is 18.9. The maximum Gasteiger partial charge on any atom is 0.416 e. The summed E-state index contributed by atoms with van der Waals surface area (Å²) in [6.07, 6.45) is -4.45. The summed E-state index contributed by atoms with van der Waals surface area (Å²) in [7, 11) is -4.08. The molecule has 3 aromatic rings. The number of carbonyl (C=O) groups excluding carboxylic acids is 1. The lowest BCUT2D eigenvalue weighted by atomic mass is 10.1. The van der Waals surface area contributed by atoms with E-state index in [9.17, 15) is 26.4 Å². The maximum atomic E-state index is 13.3. The largest absolute Gasteiger partial charge is 0.416 e. The molecule has 180 valence electrons. The van der Waals surface area contributed by atoms with E-state index in [0.717, 1.165) is 35.4 Å². The molecular formula is C25H25F3N2O3S. The summed E-state index contributed by atoms with van der Waals surface area (Å²) in [5, 5.41) is 2.52. The van der Waals surface area contributed by atoms with E-state index in [4.69, 9.17) is 0 Å². The molecule has 0 bridgehead atoms. The number of benzene rings is 3. The molecule has 0 fully saturated rings. The number of sulfonamides is 1. The van der Waals surface area contributed by atoms with Crippen LogP contribution in [0.2, 0.25) is 0 Å². The molecule has 5 nitrogen and oxygen atoms in total. The lowest BCUT2D eigenvalue weighted by Gasteiger charge is -2.21. The van der Waals surface area contributed by atoms with Crippen LogP contribution in [0.3, 0.4) is 0 Å². The van der Waals surface area contributed by atoms with Gasteiger partial charge in [-0.3, -0.25) is 4.79 Å². The fraction of sp³-hybridized carbons (Fsp3) is 0.240. The van der Waals surface area contributed by atoms with Gasteiger partial charge >= 0.3 is 6.18 Å². The average molecular weight is 491 g/mol. The van der Waals surface area contributed by atoms with E-state index in [1.807, 2.05) is 6.92 Å². The Labute approximate surface area is 197 Å². The Morgan fingerprint density at radius 1 is 0.912 bits per heavy atom. The highest BCUT2D eigenvalue weighted by molar-refractivity contribution is 7.89. The van der Waals surface area contributed by atoms with Crippen LogP contribution in [0.4, 0.5) is 18.9 Å². The van der Waals surface area contributed by atoms with Gasteiger partial charge in [0.25, 0.3) is 0 Å². The molecule has 3 rings (SSSR count). The van der Waals surface area contributed by atoms with Crippen LogP contribution in [0.15, 0.2) is 71.6 Å². The van der Waals surface area contributed by atoms with Crippen molar-refractivity contribution in [2.75, 3.05) is 5.32 Å². The summed E-state index contributed by atoms with van der Waals surface area (Å²) in [6.45, 7) is 5.23. The van der Waals surface area contributed by atoms with Gasteiger partial charge in [0.1, 0.15) is 6.04 Å². The first-order valence-electron chi connectivity index (χ1n) is 10.5. The lowest BCUT2D eigenvalue weighted by Crippen LogP contribution is -2.45. The van der Waals surface area contributed by atoms with Crippen LogP contribution < -0.4 is 10.0 Å². The summed E-state index contributed by atoms with van der Waals surface area (Å²) < 4.78 is 67.5. The smallest absolute Gasteiger partial charge is 0.325 e. The van der Waals surface area contributed by atoms with Gasteiger partial charge < -0.3 is 5.32 Å². The highest BCUT2D eigenvalue weighted by atomic mass is 32.2. The van der Waals surface area contributed by atoms with Crippen LogP contribution >= 0.6 is 0 Å². The Bertz CT molecular complexity index is 1250. The highest BCUT2D eigenvalue weighted by Crippen LogP contribution is 2.30. The van der Waals surface area contributed by atoms with Crippen molar-refractivity contribution in [1.29, 1.82) is 0 Å². The molecule has 0 heterocycles. The minimum atomic E-state index is -4.50. The molecule has 3 aromatic carbocycles. The molecule has 34 heavy (non-hydrogen) atoms. The number of aryl methyl sites for hydroxylation is 3. The minimum Gasteiger partial charge on any atom is -0.325 e. The Balaban J connectivity index is 1.90. The number of halogens is 3. The van der Waals surface area contributed by atoms with Gasteiger partial charge in [-0.25, -0.2) is 8.42 Å². The van der Waals surface area contributed by atoms with E-state index in [1.165, 1.54) is 0 Å². The van der Waals surface area contributed by atoms with E-state index in [-0.39, 0.29) is 17.0 Å². The van der Waals surface area contributed by atoms with Crippen molar-refractivity contribution in [2.45, 2.75) is 44.3 Å². The highest BCUT2D eigenvalue weighted by Gasteiger charge is 2.31. The third kappa shape index (κ3) is 6.24. The average Bonchev–Trinajstić information content (AvgIpc) is 2.72. The van der Waals surface area contributed by atoms with Crippen molar-refractivity contribution in [3.05, 3.63) is 94.5 Å². The fourth-order valence-corrected chi connectivity index (χ4v) is 5.49. The van der Waals surface area contributed by atoms with E-state index < -0.39 is 33.7 Å². The predicted octanol–water partition coefficient (Wildman–Crippen LogP) is 5.16. The van der Waals surface area contributed by atoms with Crippen LogP contribution in [0.5, 0.6) is 0 Å². The molecule has 0 saturated carbocycles. The second-order valence-corrected chi connectivity index (χ2v) is 9.81. The van der Waals surface area contributed by atoms with Gasteiger partial charge in [-0.05, 0) is 68.1 Å². The lowest BCUT2D eigenvalue weighted by molar-refractivity contribution is -0.137. The third-order valence-corrected chi connectivity index (χ3v) is 7.03. The molecule has 2 N–H and O–H groups in total. The first kappa shape index (κ1) is 25.5. The van der Waals surface area contributed by atoms with Gasteiger partial charge in [0.15, 0.2) is 0 Å². The Hall–Kier alpha value is -3.17. The van der Waals surface area contributed by atoms with Crippen molar-refractivity contribution in [3.8, 4) is 0 Å². The van der Waals surface area contributed by atoms with Crippen LogP contribution in [-0.2, 0) is 27.4 Å². The van der Waals surface area contributed by atoms with Gasteiger partial charge in [-0.1, -0.05) is 48.0 Å². The maximum absolute atomic E-state index is 13.3. The minimum absolute atomic E-state index is 0.0521. The summed E-state index contributed by atoms with van der Waals surface area (Å²) in [6, 6.07) is 15.1. The van der Waals surface area contributed by atoms with Crippen LogP contribution in [0, 0.1) is 20.8 Å². The number of hydrogen-bond donors (Lipinski definition) is 2. The van der Waals surface area contributed by atoms with Crippen molar-refractivity contribution in [1.82, 2.24) is 4.72 Å². The number of nitrogens with one attached hydrogen (secondary N) is 2. The second-order valence-electron chi connectivity index (χ2n) is 8.16. The Morgan fingerprint density at radius 2 is 1.47 bits per heavy atom. The first-order valence-corrected chi connectivity index (χ1v) is 12.0. The molecule has 0 aliphatic heterocycles. The quantitative estimate of drug-likeness (QED) is 0.481. The number of amides is 1. The normalized spacial score (nSPS) is 12.9. The van der Waals surface area contributed by atoms with Gasteiger partial charge in [-0.2, -0.15) is 17.9 Å². The molecule has 1 unspecified atom stereocenters. The van der Waals surface area contributed by atoms with Crippen molar-refractivity contribution < 1.29 is 26.4 Å². The molecule has 1 atom stereocenters. The molecule has 0 aliphatic carbocycles. The van der Waals surface area contributed by atoms with Crippen LogP contribution in [0.25, 0.3) is 0 Å². The summed E-state index contributed by atoms with van der Waals surface area (Å²) in [4.78, 5) is 13.2. The monoisotopic (exact) mass is 490 g/mol. The van der Waals surface area contributed by atoms with Gasteiger partial charge in [0.05, 0.1) is 10.5 Å². The molecular weight excluding hydrogens is 465 g/mol. The van der Waals surface area contributed by atoms with Crippen molar-refractivity contribution in [2.24, 2.45) is 0 Å². The number of carbonyl (C=O) groups is 1. The number of anilines is 1. The van der Waals surface area contributed by atoms with E-state index in [1.54, 1.807) is 56.3 Å². The summed E-state index contributed by atoms with van der Waals surface area (Å²) >= 11 is 0. The molecule has 0 spiro atoms. The fourth-order valence-electron chi connectivity index (χ4n) is 3.85. The number of hydrogen-bond acceptors (Lipinski definition) is 3. The molecule has 0 radical (unpaired) electrons. The van der Waals surface area contributed by atoms with Crippen molar-refractivity contribution >= 4 is 21.6 Å². The van der Waals surface area contributed by atoms with Crippen LogP contribution in [-0.4, -0.2) is 20.4 Å². The standard InChI is InChI=1S/C25H25F3N2O3S/c1-16-13-17(2)23(18(3)14-16)34(32,33)30-22(15-19-7-5-4-6-8-19)24(31)29-21-11-9-20(10-12-21)25(26,27)28/h4-14,22,30H,15H2,1-3H3,(H,29,31). The van der Waals surface area contributed by atoms with Gasteiger partial charge in [-0.15, -0.1) is 0 Å². The molecule has 0 aromatic heterocycles. The van der Waals surface area contributed by atoms with Crippen molar-refractivity contribution in [3.63, 3.8) is 0 Å². The zero-order valence-corrected chi connectivity index (χ0v) is 19.7. The summed E-state index contributed by atoms with van der Waals surface area (Å²) in [5.41, 5.74) is 2.00. The predicted molar refractivity (Wildman–Crippen MR) is 125 cm³/mol. The number of alkyl halides is 3. The molecule has 1 amide bonds. The molecule has 0 saturated heterocycles. The molecule has 0 aliphatic rings. The Kier molecular flexibility index (Phi) is 7.48. The number of rotatable bonds is 7. The van der Waals surface area contributed by atoms with E-state index >= 15 is 0 Å². The van der Waals surface area contributed by atoms with E-state index in [0.29, 0.717) is 11.1 Å². The van der Waals surface area contributed by atoms with E-state index in [2.05, 4.69) is 10.0 Å². The second kappa shape index (κ2) is 9.99. The van der Waals surface area contributed by atoms with Gasteiger partial charge in [0.2, 0.25) is 15.9 Å². The SMILES string of the molecule is Cc1cc(C)c(S(=O)(=O)NC(Cc2ccccc2)C(=O)Nc2ccc(C(F)(F)F)cc2)c(C)c1. The topological polar surface area (TPSA) is 75.3 Å².